The number of likely N-dealkylation sites (N-methyl/N-ethyl adjacent to an activating group) is 1. The van der Waals surface area contributed by atoms with Crippen LogP contribution in [-0.2, 0) is 19.1 Å². The van der Waals surface area contributed by atoms with Crippen LogP contribution < -0.4 is 10.6 Å². The zero-order valence-corrected chi connectivity index (χ0v) is 23.6. The molecule has 0 bridgehead atoms. The van der Waals surface area contributed by atoms with Gasteiger partial charge in [0.15, 0.2) is 5.57 Å². The third-order valence-corrected chi connectivity index (χ3v) is 7.38. The van der Waals surface area contributed by atoms with Crippen LogP contribution in [0.5, 0.6) is 0 Å². The van der Waals surface area contributed by atoms with Crippen molar-refractivity contribution in [2.45, 2.75) is 58.5 Å². The highest BCUT2D eigenvalue weighted by molar-refractivity contribution is 6.31. The van der Waals surface area contributed by atoms with Gasteiger partial charge in [-0.1, -0.05) is 6.92 Å². The summed E-state index contributed by atoms with van der Waals surface area (Å²) < 4.78 is 7.22. The average molecular weight is 546 g/mol. The van der Waals surface area contributed by atoms with E-state index in [1.807, 2.05) is 18.4 Å². The van der Waals surface area contributed by atoms with Crippen LogP contribution in [0.1, 0.15) is 47.0 Å². The van der Waals surface area contributed by atoms with Gasteiger partial charge in [-0.25, -0.2) is 4.79 Å². The molecule has 2 heterocycles. The Balaban J connectivity index is 1.56. The fraction of sp³-hybridized carbons (Fsp3) is 0.556. The van der Waals surface area contributed by atoms with Crippen LogP contribution in [0.3, 0.4) is 0 Å². The minimum absolute atomic E-state index is 0.104. The molecule has 2 N–H and O–H groups in total. The van der Waals surface area contributed by atoms with Crippen LogP contribution >= 0.6 is 11.6 Å². The highest BCUT2D eigenvalue weighted by atomic mass is 35.5. The zero-order valence-electron chi connectivity index (χ0n) is 22.8. The molecule has 2 atom stereocenters. The lowest BCUT2D eigenvalue weighted by molar-refractivity contribution is -0.396. The molecule has 2 unspecified atom stereocenters. The Morgan fingerprint density at radius 2 is 2.08 bits per heavy atom. The van der Waals surface area contributed by atoms with Gasteiger partial charge in [0.25, 0.3) is 17.1 Å². The Kier molecular flexibility index (Phi) is 9.65. The summed E-state index contributed by atoms with van der Waals surface area (Å²) in [5, 5.41) is 6.23. The fourth-order valence-electron chi connectivity index (χ4n) is 4.47. The maximum Gasteiger partial charge on any atom is 0.348 e. The van der Waals surface area contributed by atoms with Crippen molar-refractivity contribution in [1.82, 2.24) is 15.5 Å². The number of rotatable bonds is 14. The van der Waals surface area contributed by atoms with Crippen molar-refractivity contribution < 1.29 is 23.7 Å². The molecule has 1 fully saturated rings. The van der Waals surface area contributed by atoms with Crippen LogP contribution in [0.25, 0.3) is 0 Å². The molecule has 1 saturated carbocycles. The molecule has 3 rings (SSSR count). The number of hydrogen-bond acceptors (Lipinski definition) is 7. The second kappa shape index (κ2) is 12.5. The molecule has 3 aliphatic rings. The Morgan fingerprint density at radius 1 is 1.37 bits per heavy atom. The number of carbonyl (C=O) groups excluding carboxylic acids is 3. The van der Waals surface area contributed by atoms with Crippen molar-refractivity contribution in [2.24, 2.45) is 15.9 Å². The molecular weight excluding hydrogens is 508 g/mol. The number of nitrogens with zero attached hydrogens (tertiary/aromatic N) is 4. The number of fused-ring (bicyclic) bond motifs is 1. The van der Waals surface area contributed by atoms with Crippen LogP contribution in [-0.4, -0.2) is 90.8 Å². The number of halogens is 1. The van der Waals surface area contributed by atoms with Crippen LogP contribution in [0.2, 0.25) is 0 Å². The van der Waals surface area contributed by atoms with E-state index in [9.17, 15) is 14.4 Å². The van der Waals surface area contributed by atoms with E-state index in [0.29, 0.717) is 43.2 Å². The van der Waals surface area contributed by atoms with Gasteiger partial charge < -0.3 is 20.3 Å². The average Bonchev–Trinajstić information content (AvgIpc) is 3.80. The second-order valence-electron chi connectivity index (χ2n) is 9.77. The van der Waals surface area contributed by atoms with Gasteiger partial charge in [0.05, 0.1) is 17.9 Å². The highest BCUT2D eigenvalue weighted by Crippen LogP contribution is 2.37. The van der Waals surface area contributed by atoms with Gasteiger partial charge in [-0.2, -0.15) is 4.58 Å². The van der Waals surface area contributed by atoms with Gasteiger partial charge in [-0.05, 0) is 57.3 Å². The Hall–Kier alpha value is -3.27. The second-order valence-corrected chi connectivity index (χ2v) is 10.1. The quantitative estimate of drug-likeness (QED) is 0.114. The molecule has 2 aliphatic heterocycles. The van der Waals surface area contributed by atoms with Gasteiger partial charge in [0.1, 0.15) is 5.54 Å². The Morgan fingerprint density at radius 3 is 2.66 bits per heavy atom. The summed E-state index contributed by atoms with van der Waals surface area (Å²) in [4.78, 5) is 47.9. The fourth-order valence-corrected chi connectivity index (χ4v) is 4.89. The van der Waals surface area contributed by atoms with Gasteiger partial charge in [-0.3, -0.25) is 19.6 Å². The summed E-state index contributed by atoms with van der Waals surface area (Å²) >= 11 is 6.60. The Labute approximate surface area is 229 Å². The molecular formula is C27H38ClN6O4+. The summed E-state index contributed by atoms with van der Waals surface area (Å²) in [5.74, 6) is -0.871. The summed E-state index contributed by atoms with van der Waals surface area (Å²) in [5.41, 5.74) is 1.62. The summed E-state index contributed by atoms with van der Waals surface area (Å²) in [6, 6.07) is 0.104. The third-order valence-electron chi connectivity index (χ3n) is 7.01. The molecule has 0 spiro atoms. The monoisotopic (exact) mass is 545 g/mol. The molecule has 2 amide bonds. The highest BCUT2D eigenvalue weighted by Gasteiger charge is 2.53. The number of hydrogen-bond donors (Lipinski definition) is 2. The summed E-state index contributed by atoms with van der Waals surface area (Å²) in [6.07, 6.45) is 6.70. The van der Waals surface area contributed by atoms with Gasteiger partial charge in [-0.15, -0.1) is 0 Å². The molecule has 0 saturated heterocycles. The van der Waals surface area contributed by atoms with Crippen molar-refractivity contribution in [3.05, 3.63) is 34.3 Å². The first-order valence-corrected chi connectivity index (χ1v) is 13.4. The number of amides is 2. The lowest BCUT2D eigenvalue weighted by Crippen LogP contribution is -2.50. The standard InChI is InChI=1S/C27H37ClN6O4/c1-7-33(21-13-20-18(4)34(20)23(28)22(21)25(36)38-8-2)12-9-17(3)14-31-26(37)27(10-11-27)32-24(35)19(15-29-5)16-30-6/h13,15-17,20H,5,7-12,14H2,1-4,6H3,(H-,31,32,35,37)/p+1. The molecule has 206 valence electrons. The maximum absolute atomic E-state index is 12.9. The molecule has 0 radical (unpaired) electrons. The molecule has 11 heteroatoms. The molecule has 0 aromatic heterocycles. The van der Waals surface area contributed by atoms with E-state index in [1.165, 1.54) is 12.4 Å². The normalized spacial score (nSPS) is 20.4. The minimum atomic E-state index is -0.901. The molecule has 0 aromatic carbocycles. The third kappa shape index (κ3) is 6.40. The van der Waals surface area contributed by atoms with E-state index in [0.717, 1.165) is 17.8 Å². The first-order chi connectivity index (χ1) is 18.1. The topological polar surface area (TPSA) is 115 Å². The van der Waals surface area contributed by atoms with Crippen LogP contribution in [0.15, 0.2) is 44.3 Å². The largest absolute Gasteiger partial charge is 0.462 e. The van der Waals surface area contributed by atoms with Crippen molar-refractivity contribution >= 4 is 48.0 Å². The lowest BCUT2D eigenvalue weighted by Gasteiger charge is -2.29. The molecule has 1 aliphatic carbocycles. The summed E-state index contributed by atoms with van der Waals surface area (Å²) in [7, 11) is 1.55. The molecule has 0 aromatic rings. The number of nitrogens with one attached hydrogen (secondary N) is 2. The minimum Gasteiger partial charge on any atom is -0.462 e. The van der Waals surface area contributed by atoms with Gasteiger partial charge >= 0.3 is 5.97 Å². The zero-order chi connectivity index (χ0) is 28.0. The number of esters is 1. The maximum atomic E-state index is 12.9. The van der Waals surface area contributed by atoms with Gasteiger partial charge in [0.2, 0.25) is 11.6 Å². The van der Waals surface area contributed by atoms with E-state index in [4.69, 9.17) is 16.3 Å². The first kappa shape index (κ1) is 29.3. The summed E-state index contributed by atoms with van der Waals surface area (Å²) in [6.45, 7) is 13.3. The Bertz CT molecular complexity index is 1150. The van der Waals surface area contributed by atoms with Crippen LogP contribution in [0, 0.1) is 5.92 Å². The van der Waals surface area contributed by atoms with Crippen LogP contribution in [0.4, 0.5) is 0 Å². The predicted octanol–water partition coefficient (Wildman–Crippen LogP) is 2.15. The predicted molar refractivity (Wildman–Crippen MR) is 149 cm³/mol. The number of carbonyl (C=O) groups is 3. The van der Waals surface area contributed by atoms with E-state index in [2.05, 4.69) is 45.2 Å². The number of ether oxygens (including phenoxy) is 1. The van der Waals surface area contributed by atoms with E-state index >= 15 is 0 Å². The van der Waals surface area contributed by atoms with E-state index in [1.54, 1.807) is 14.0 Å². The van der Waals surface area contributed by atoms with E-state index in [-0.39, 0.29) is 30.0 Å². The smallest absolute Gasteiger partial charge is 0.348 e. The molecule has 10 nitrogen and oxygen atoms in total. The van der Waals surface area contributed by atoms with Gasteiger partial charge in [0, 0.05) is 52.1 Å². The first-order valence-electron chi connectivity index (χ1n) is 13.0. The van der Waals surface area contributed by atoms with Crippen molar-refractivity contribution in [3.63, 3.8) is 0 Å². The molecule has 38 heavy (non-hydrogen) atoms. The van der Waals surface area contributed by atoms with E-state index < -0.39 is 17.4 Å². The lowest BCUT2D eigenvalue weighted by atomic mass is 10.0. The van der Waals surface area contributed by atoms with Crippen molar-refractivity contribution in [3.8, 4) is 0 Å². The van der Waals surface area contributed by atoms with Crippen molar-refractivity contribution in [1.29, 1.82) is 0 Å². The number of aliphatic imine (C=N–C) groups is 2. The van der Waals surface area contributed by atoms with Crippen molar-refractivity contribution in [2.75, 3.05) is 33.3 Å². The SMILES string of the molecule is C=NC=C(C=NC)C(=O)NC1(C(=O)NCC(C)CCN(CC)C2=CC3C(C)=[N+]3C(Cl)=C2C(=O)OCC)CC1.